The molecule has 3 N–H and O–H groups in total. The lowest BCUT2D eigenvalue weighted by Crippen LogP contribution is -2.45. The third-order valence-electron chi connectivity index (χ3n) is 5.50. The maximum atomic E-state index is 12.3. The van der Waals surface area contributed by atoms with Crippen LogP contribution in [0.1, 0.15) is 57.8 Å². The quantitative estimate of drug-likeness (QED) is 0.735. The zero-order chi connectivity index (χ0) is 13.9. The number of carbonyl (C=O) groups is 1. The van der Waals surface area contributed by atoms with Crippen LogP contribution in [0.5, 0.6) is 0 Å². The summed E-state index contributed by atoms with van der Waals surface area (Å²) >= 11 is 0. The third-order valence-corrected chi connectivity index (χ3v) is 5.50. The molecule has 20 heavy (non-hydrogen) atoms. The van der Waals surface area contributed by atoms with E-state index < -0.39 is 0 Å². The van der Waals surface area contributed by atoms with Gasteiger partial charge in [0.05, 0.1) is 12.1 Å². The van der Waals surface area contributed by atoms with Crippen LogP contribution in [0.15, 0.2) is 0 Å². The average Bonchev–Trinajstić information content (AvgIpc) is 2.89. The number of nitrogens with one attached hydrogen (secondary N) is 2. The lowest BCUT2D eigenvalue weighted by molar-refractivity contribution is -0.123. The van der Waals surface area contributed by atoms with Crippen molar-refractivity contribution in [2.24, 2.45) is 11.8 Å². The Labute approximate surface area is 121 Å². The molecule has 0 aromatic carbocycles. The van der Waals surface area contributed by atoms with E-state index in [0.29, 0.717) is 12.0 Å². The molecule has 3 rings (SSSR count). The van der Waals surface area contributed by atoms with Crippen LogP contribution in [0.25, 0.3) is 0 Å². The average molecular weight is 280 g/mol. The van der Waals surface area contributed by atoms with E-state index in [-0.39, 0.29) is 18.1 Å². The number of hydrogen-bond acceptors (Lipinski definition) is 3. The van der Waals surface area contributed by atoms with Crippen molar-refractivity contribution in [2.45, 2.75) is 76.0 Å². The summed E-state index contributed by atoms with van der Waals surface area (Å²) in [4.78, 5) is 12.3. The van der Waals surface area contributed by atoms with Crippen molar-refractivity contribution in [1.29, 1.82) is 0 Å². The smallest absolute Gasteiger partial charge is 0.237 e. The van der Waals surface area contributed by atoms with Crippen LogP contribution in [-0.4, -0.2) is 35.7 Å². The monoisotopic (exact) mass is 280 g/mol. The van der Waals surface area contributed by atoms with Gasteiger partial charge in [0.1, 0.15) is 0 Å². The Kier molecular flexibility index (Phi) is 4.61. The molecule has 3 fully saturated rings. The van der Waals surface area contributed by atoms with Gasteiger partial charge in [-0.2, -0.15) is 0 Å². The van der Waals surface area contributed by atoms with Gasteiger partial charge in [-0.05, 0) is 50.4 Å². The predicted octanol–water partition coefficient (Wildman–Crippen LogP) is 1.57. The van der Waals surface area contributed by atoms with Crippen molar-refractivity contribution in [3.8, 4) is 0 Å². The Balaban J connectivity index is 1.43. The molecule has 0 aromatic rings. The lowest BCUT2D eigenvalue weighted by Gasteiger charge is -2.26. The maximum Gasteiger partial charge on any atom is 0.237 e. The molecule has 4 heteroatoms. The van der Waals surface area contributed by atoms with Crippen molar-refractivity contribution in [3.05, 3.63) is 0 Å². The van der Waals surface area contributed by atoms with Gasteiger partial charge in [0, 0.05) is 12.6 Å². The highest BCUT2D eigenvalue weighted by molar-refractivity contribution is 5.82. The Hall–Kier alpha value is -0.610. The van der Waals surface area contributed by atoms with Gasteiger partial charge in [-0.3, -0.25) is 4.79 Å². The molecule has 2 saturated carbocycles. The molecule has 0 spiro atoms. The highest BCUT2D eigenvalue weighted by Crippen LogP contribution is 2.33. The Morgan fingerprint density at radius 3 is 2.75 bits per heavy atom. The van der Waals surface area contributed by atoms with Crippen molar-refractivity contribution in [1.82, 2.24) is 10.6 Å². The molecule has 3 aliphatic rings. The van der Waals surface area contributed by atoms with Crippen LogP contribution in [-0.2, 0) is 4.79 Å². The van der Waals surface area contributed by atoms with Crippen LogP contribution in [0.2, 0.25) is 0 Å². The first-order chi connectivity index (χ1) is 9.72. The van der Waals surface area contributed by atoms with Crippen molar-refractivity contribution in [3.63, 3.8) is 0 Å². The number of hydrogen-bond donors (Lipinski definition) is 3. The summed E-state index contributed by atoms with van der Waals surface area (Å²) in [6, 6.07) is 0.604. The standard InChI is InChI=1S/C16H28N2O2/c19-13-6-3-4-11(8-13)10-17-16(20)15-9-12-5-1-2-7-14(12)18-15/h11-15,18-19H,1-10H2,(H,17,20). The van der Waals surface area contributed by atoms with Crippen molar-refractivity contribution < 1.29 is 9.90 Å². The molecule has 1 heterocycles. The number of amides is 1. The summed E-state index contributed by atoms with van der Waals surface area (Å²) in [5, 5.41) is 16.3. The van der Waals surface area contributed by atoms with Gasteiger partial charge in [0.15, 0.2) is 0 Å². The van der Waals surface area contributed by atoms with E-state index in [4.69, 9.17) is 0 Å². The SMILES string of the molecule is O=C(NCC1CCCC(O)C1)C1CC2CCCCC2N1. The van der Waals surface area contributed by atoms with Gasteiger partial charge in [-0.1, -0.05) is 19.3 Å². The van der Waals surface area contributed by atoms with Gasteiger partial charge in [0.25, 0.3) is 0 Å². The predicted molar refractivity (Wildman–Crippen MR) is 78.3 cm³/mol. The first-order valence-corrected chi connectivity index (χ1v) is 8.44. The number of rotatable bonds is 3. The number of aliphatic hydroxyl groups excluding tert-OH is 1. The Morgan fingerprint density at radius 2 is 1.95 bits per heavy atom. The molecule has 0 bridgehead atoms. The molecule has 4 nitrogen and oxygen atoms in total. The van der Waals surface area contributed by atoms with Crippen molar-refractivity contribution >= 4 is 5.91 Å². The van der Waals surface area contributed by atoms with E-state index in [1.165, 1.54) is 25.7 Å². The molecule has 0 radical (unpaired) electrons. The van der Waals surface area contributed by atoms with Gasteiger partial charge in [-0.25, -0.2) is 0 Å². The summed E-state index contributed by atoms with van der Waals surface area (Å²) in [6.07, 6.45) is 10.0. The topological polar surface area (TPSA) is 61.4 Å². The summed E-state index contributed by atoms with van der Waals surface area (Å²) < 4.78 is 0. The fourth-order valence-corrected chi connectivity index (χ4v) is 4.34. The molecule has 5 atom stereocenters. The number of fused-ring (bicyclic) bond motifs is 1. The molecule has 1 aliphatic heterocycles. The Bertz CT molecular complexity index is 333. The first kappa shape index (κ1) is 14.3. The molecule has 1 saturated heterocycles. The maximum absolute atomic E-state index is 12.3. The Morgan fingerprint density at radius 1 is 1.10 bits per heavy atom. The molecule has 2 aliphatic carbocycles. The van der Waals surface area contributed by atoms with E-state index in [0.717, 1.165) is 44.6 Å². The third kappa shape index (κ3) is 3.34. The minimum absolute atomic E-state index is 0.0246. The summed E-state index contributed by atoms with van der Waals surface area (Å²) in [7, 11) is 0. The van der Waals surface area contributed by atoms with Crippen LogP contribution in [0.3, 0.4) is 0 Å². The summed E-state index contributed by atoms with van der Waals surface area (Å²) in [5.74, 6) is 1.36. The van der Waals surface area contributed by atoms with Crippen LogP contribution in [0.4, 0.5) is 0 Å². The molecule has 5 unspecified atom stereocenters. The van der Waals surface area contributed by atoms with Gasteiger partial charge in [-0.15, -0.1) is 0 Å². The van der Waals surface area contributed by atoms with E-state index in [2.05, 4.69) is 10.6 Å². The first-order valence-electron chi connectivity index (χ1n) is 8.44. The van der Waals surface area contributed by atoms with Crippen LogP contribution < -0.4 is 10.6 Å². The van der Waals surface area contributed by atoms with E-state index in [9.17, 15) is 9.90 Å². The van der Waals surface area contributed by atoms with Gasteiger partial charge < -0.3 is 15.7 Å². The fourth-order valence-electron chi connectivity index (χ4n) is 4.34. The molecular weight excluding hydrogens is 252 g/mol. The zero-order valence-electron chi connectivity index (χ0n) is 12.3. The molecular formula is C16H28N2O2. The van der Waals surface area contributed by atoms with Crippen molar-refractivity contribution in [2.75, 3.05) is 6.54 Å². The zero-order valence-corrected chi connectivity index (χ0v) is 12.3. The highest BCUT2D eigenvalue weighted by Gasteiger charge is 2.38. The lowest BCUT2D eigenvalue weighted by atomic mass is 9.85. The number of carbonyl (C=O) groups excluding carboxylic acids is 1. The van der Waals surface area contributed by atoms with Crippen LogP contribution >= 0.6 is 0 Å². The minimum Gasteiger partial charge on any atom is -0.393 e. The van der Waals surface area contributed by atoms with E-state index >= 15 is 0 Å². The minimum atomic E-state index is -0.155. The van der Waals surface area contributed by atoms with E-state index in [1.54, 1.807) is 0 Å². The normalized spacial score (nSPS) is 41.1. The van der Waals surface area contributed by atoms with Gasteiger partial charge in [0.2, 0.25) is 5.91 Å². The number of aliphatic hydroxyl groups is 1. The highest BCUT2D eigenvalue weighted by atomic mass is 16.3. The second-order valence-electron chi connectivity index (χ2n) is 7.04. The van der Waals surface area contributed by atoms with E-state index in [1.807, 2.05) is 0 Å². The largest absolute Gasteiger partial charge is 0.393 e. The second kappa shape index (κ2) is 6.44. The summed E-state index contributed by atoms with van der Waals surface area (Å²) in [5.41, 5.74) is 0. The summed E-state index contributed by atoms with van der Waals surface area (Å²) in [6.45, 7) is 0.739. The molecule has 114 valence electrons. The van der Waals surface area contributed by atoms with Gasteiger partial charge >= 0.3 is 0 Å². The molecule has 0 aromatic heterocycles. The molecule has 1 amide bonds. The van der Waals surface area contributed by atoms with Crippen LogP contribution in [0, 0.1) is 11.8 Å². The second-order valence-corrected chi connectivity index (χ2v) is 7.04. The fraction of sp³-hybridized carbons (Fsp3) is 0.938.